The molecule has 0 spiro atoms. The van der Waals surface area contributed by atoms with Gasteiger partial charge in [-0.3, -0.25) is 9.20 Å². The predicted octanol–water partition coefficient (Wildman–Crippen LogP) is 4.06. The number of rotatable bonds is 4. The fraction of sp³-hybridized carbons (Fsp3) is 0.200. The van der Waals surface area contributed by atoms with E-state index >= 15 is 0 Å². The van der Waals surface area contributed by atoms with E-state index in [-0.39, 0.29) is 6.04 Å². The molecule has 0 N–H and O–H groups in total. The van der Waals surface area contributed by atoms with Crippen LogP contribution in [0, 0.1) is 0 Å². The molecule has 0 bridgehead atoms. The largest absolute Gasteiger partial charge is 0.351 e. The zero-order chi connectivity index (χ0) is 15.0. The molecule has 0 saturated heterocycles. The van der Waals surface area contributed by atoms with Crippen LogP contribution in [0.15, 0.2) is 35.8 Å². The van der Waals surface area contributed by atoms with Gasteiger partial charge in [0.05, 0.1) is 6.04 Å². The molecule has 2 aromatic heterocycles. The summed E-state index contributed by atoms with van der Waals surface area (Å²) >= 11 is 7.77. The molecule has 108 valence electrons. The van der Waals surface area contributed by atoms with E-state index in [4.69, 9.17) is 11.6 Å². The molecule has 0 aliphatic carbocycles. The van der Waals surface area contributed by atoms with Crippen LogP contribution in [-0.2, 0) is 0 Å². The van der Waals surface area contributed by atoms with E-state index in [1.807, 2.05) is 59.1 Å². The smallest absolute Gasteiger partial charge is 0.196 e. The first-order valence-corrected chi connectivity index (χ1v) is 7.77. The second-order valence-electron chi connectivity index (χ2n) is 4.80. The molecular formula is C15H14ClN3OS. The molecule has 2 heterocycles. The fourth-order valence-corrected chi connectivity index (χ4v) is 3.38. The number of anilines is 1. The number of imidazole rings is 1. The second kappa shape index (κ2) is 5.50. The van der Waals surface area contributed by atoms with E-state index < -0.39 is 0 Å². The van der Waals surface area contributed by atoms with Gasteiger partial charge < -0.3 is 4.90 Å². The van der Waals surface area contributed by atoms with Gasteiger partial charge in [0.25, 0.3) is 0 Å². The zero-order valence-corrected chi connectivity index (χ0v) is 13.2. The minimum absolute atomic E-state index is 0.0157. The number of fused-ring (bicyclic) bond motifs is 1. The SMILES string of the molecule is CC(c1ccccc1Cl)N(C)c1nc2sccn2c1C=O. The average molecular weight is 320 g/mol. The average Bonchev–Trinajstić information content (AvgIpc) is 3.06. The maximum Gasteiger partial charge on any atom is 0.196 e. The Bertz CT molecular complexity index is 795. The van der Waals surface area contributed by atoms with Gasteiger partial charge in [0.1, 0.15) is 5.69 Å². The Kier molecular flexibility index (Phi) is 3.69. The van der Waals surface area contributed by atoms with E-state index in [9.17, 15) is 4.79 Å². The van der Waals surface area contributed by atoms with Crippen LogP contribution in [0.3, 0.4) is 0 Å². The minimum Gasteiger partial charge on any atom is -0.351 e. The number of aromatic nitrogens is 2. The van der Waals surface area contributed by atoms with E-state index in [0.29, 0.717) is 16.5 Å². The Labute approximate surface area is 131 Å². The molecule has 4 nitrogen and oxygen atoms in total. The molecule has 1 aromatic carbocycles. The Morgan fingerprint density at radius 1 is 1.43 bits per heavy atom. The summed E-state index contributed by atoms with van der Waals surface area (Å²) in [5.41, 5.74) is 1.57. The van der Waals surface area contributed by atoms with Crippen molar-refractivity contribution >= 4 is 40.0 Å². The topological polar surface area (TPSA) is 37.6 Å². The number of nitrogens with zero attached hydrogens (tertiary/aromatic N) is 3. The molecule has 1 atom stereocenters. The van der Waals surface area contributed by atoms with Crippen LogP contribution in [-0.4, -0.2) is 22.7 Å². The van der Waals surface area contributed by atoms with Crippen LogP contribution in [0.5, 0.6) is 0 Å². The summed E-state index contributed by atoms with van der Waals surface area (Å²) in [5, 5.41) is 2.63. The summed E-state index contributed by atoms with van der Waals surface area (Å²) in [6.07, 6.45) is 2.70. The summed E-state index contributed by atoms with van der Waals surface area (Å²) in [7, 11) is 1.92. The van der Waals surface area contributed by atoms with Crippen molar-refractivity contribution in [2.75, 3.05) is 11.9 Å². The minimum atomic E-state index is 0.0157. The van der Waals surface area contributed by atoms with Gasteiger partial charge in [-0.05, 0) is 18.6 Å². The Hall–Kier alpha value is -1.85. The van der Waals surface area contributed by atoms with Crippen LogP contribution < -0.4 is 4.90 Å². The van der Waals surface area contributed by atoms with E-state index in [1.165, 1.54) is 11.3 Å². The van der Waals surface area contributed by atoms with Crippen molar-refractivity contribution in [3.8, 4) is 0 Å². The molecule has 3 rings (SSSR count). The normalized spacial score (nSPS) is 12.5. The first kappa shape index (κ1) is 14.1. The van der Waals surface area contributed by atoms with Gasteiger partial charge >= 0.3 is 0 Å². The summed E-state index contributed by atoms with van der Waals surface area (Å²) in [6, 6.07) is 7.73. The van der Waals surface area contributed by atoms with Crippen molar-refractivity contribution in [2.45, 2.75) is 13.0 Å². The highest BCUT2D eigenvalue weighted by Gasteiger charge is 2.21. The summed E-state index contributed by atoms with van der Waals surface area (Å²) in [4.78, 5) is 18.8. The molecule has 0 aliphatic heterocycles. The van der Waals surface area contributed by atoms with E-state index in [1.54, 1.807) is 0 Å². The van der Waals surface area contributed by atoms with Crippen LogP contribution in [0.1, 0.15) is 29.0 Å². The summed E-state index contributed by atoms with van der Waals surface area (Å²) in [6.45, 7) is 2.04. The molecular weight excluding hydrogens is 306 g/mol. The highest BCUT2D eigenvalue weighted by molar-refractivity contribution is 7.15. The van der Waals surface area contributed by atoms with Crippen molar-refractivity contribution < 1.29 is 4.79 Å². The molecule has 21 heavy (non-hydrogen) atoms. The molecule has 0 radical (unpaired) electrons. The lowest BCUT2D eigenvalue weighted by Crippen LogP contribution is -2.23. The van der Waals surface area contributed by atoms with Gasteiger partial charge in [-0.1, -0.05) is 29.8 Å². The number of aldehydes is 1. The monoisotopic (exact) mass is 319 g/mol. The second-order valence-corrected chi connectivity index (χ2v) is 6.08. The van der Waals surface area contributed by atoms with Gasteiger partial charge in [-0.25, -0.2) is 4.98 Å². The van der Waals surface area contributed by atoms with E-state index in [2.05, 4.69) is 4.98 Å². The number of carbonyl (C=O) groups is 1. The Morgan fingerprint density at radius 3 is 2.90 bits per heavy atom. The lowest BCUT2D eigenvalue weighted by atomic mass is 10.1. The van der Waals surface area contributed by atoms with E-state index in [0.717, 1.165) is 16.8 Å². The number of hydrogen-bond acceptors (Lipinski definition) is 4. The first-order valence-electron chi connectivity index (χ1n) is 6.51. The Balaban J connectivity index is 2.04. The van der Waals surface area contributed by atoms with Crippen molar-refractivity contribution in [1.29, 1.82) is 0 Å². The van der Waals surface area contributed by atoms with Gasteiger partial charge in [0, 0.05) is 23.6 Å². The van der Waals surface area contributed by atoms with Gasteiger partial charge in [0.2, 0.25) is 0 Å². The van der Waals surface area contributed by atoms with Crippen molar-refractivity contribution in [3.05, 3.63) is 52.1 Å². The zero-order valence-electron chi connectivity index (χ0n) is 11.7. The molecule has 0 fully saturated rings. The summed E-state index contributed by atoms with van der Waals surface area (Å²) in [5.74, 6) is 0.671. The number of hydrogen-bond donors (Lipinski definition) is 0. The Morgan fingerprint density at radius 2 is 2.19 bits per heavy atom. The fourth-order valence-electron chi connectivity index (χ4n) is 2.37. The van der Waals surface area contributed by atoms with Gasteiger partial charge in [-0.2, -0.15) is 0 Å². The quantitative estimate of drug-likeness (QED) is 0.681. The van der Waals surface area contributed by atoms with Gasteiger partial charge in [0.15, 0.2) is 17.1 Å². The third-order valence-electron chi connectivity index (χ3n) is 3.66. The van der Waals surface area contributed by atoms with Crippen molar-refractivity contribution in [1.82, 2.24) is 9.38 Å². The molecule has 0 saturated carbocycles. The predicted molar refractivity (Wildman–Crippen MR) is 86.7 cm³/mol. The number of halogens is 1. The lowest BCUT2D eigenvalue weighted by Gasteiger charge is -2.26. The molecule has 0 aliphatic rings. The van der Waals surface area contributed by atoms with Crippen molar-refractivity contribution in [3.63, 3.8) is 0 Å². The van der Waals surface area contributed by atoms with Crippen LogP contribution in [0.25, 0.3) is 4.96 Å². The van der Waals surface area contributed by atoms with Crippen LogP contribution in [0.4, 0.5) is 5.82 Å². The third-order valence-corrected chi connectivity index (χ3v) is 4.76. The highest BCUT2D eigenvalue weighted by Crippen LogP contribution is 2.31. The van der Waals surface area contributed by atoms with Gasteiger partial charge in [-0.15, -0.1) is 11.3 Å². The van der Waals surface area contributed by atoms with Crippen LogP contribution in [0.2, 0.25) is 5.02 Å². The highest BCUT2D eigenvalue weighted by atomic mass is 35.5. The molecule has 1 unspecified atom stereocenters. The molecule has 0 amide bonds. The standard InChI is InChI=1S/C15H14ClN3OS/c1-10(11-5-3-4-6-12(11)16)18(2)14-13(9-20)19-7-8-21-15(19)17-14/h3-10H,1-2H3. The first-order chi connectivity index (χ1) is 10.1. The summed E-state index contributed by atoms with van der Waals surface area (Å²) < 4.78 is 1.81. The maximum absolute atomic E-state index is 11.4. The molecule has 6 heteroatoms. The van der Waals surface area contributed by atoms with Crippen molar-refractivity contribution in [2.24, 2.45) is 0 Å². The number of thiazole rings is 1. The maximum atomic E-state index is 11.4. The number of carbonyl (C=O) groups excluding carboxylic acids is 1. The number of benzene rings is 1. The van der Waals surface area contributed by atoms with Crippen LogP contribution >= 0.6 is 22.9 Å². The third kappa shape index (κ3) is 2.32. The molecule has 3 aromatic rings. The lowest BCUT2D eigenvalue weighted by molar-refractivity contribution is 0.111.